The van der Waals surface area contributed by atoms with Gasteiger partial charge in [-0.2, -0.15) is 10.4 Å². The summed E-state index contributed by atoms with van der Waals surface area (Å²) in [6.07, 6.45) is 4.19. The lowest BCUT2D eigenvalue weighted by Gasteiger charge is -2.35. The number of rotatable bonds is 3. The molecule has 4 aromatic rings. The van der Waals surface area contributed by atoms with Gasteiger partial charge in [-0.25, -0.2) is 18.9 Å². The summed E-state index contributed by atoms with van der Waals surface area (Å²) in [7, 11) is 0. The van der Waals surface area contributed by atoms with Gasteiger partial charge in [-0.1, -0.05) is 6.07 Å². The number of hydrogen-bond acceptors (Lipinski definition) is 5. The molecule has 0 saturated carbocycles. The molecule has 0 aromatic carbocycles. The molecule has 1 atom stereocenters. The number of anilines is 1. The number of nitrogens with zero attached hydrogens (tertiary/aromatic N) is 6. The Morgan fingerprint density at radius 2 is 2.13 bits per heavy atom. The lowest BCUT2D eigenvalue weighted by molar-refractivity contribution is 0.600. The van der Waals surface area contributed by atoms with Crippen molar-refractivity contribution in [1.82, 2.24) is 24.6 Å². The molecule has 8 heteroatoms. The second kappa shape index (κ2) is 6.66. The van der Waals surface area contributed by atoms with Crippen LogP contribution in [0.2, 0.25) is 0 Å². The van der Waals surface area contributed by atoms with Crippen molar-refractivity contribution in [2.24, 2.45) is 0 Å². The van der Waals surface area contributed by atoms with E-state index >= 15 is 0 Å². The van der Waals surface area contributed by atoms with Gasteiger partial charge in [0.15, 0.2) is 0 Å². The Morgan fingerprint density at radius 1 is 1.27 bits per heavy atom. The molecule has 0 amide bonds. The SMILES string of the molecule is CC(C)(C#N)c1cccc(N2CCc3[nH]cnc3[C@@H]2c2cc3c(F)cccn3n2)n1. The molecular formula is C22H20FN7. The van der Waals surface area contributed by atoms with Crippen LogP contribution in [0.15, 0.2) is 48.9 Å². The molecule has 30 heavy (non-hydrogen) atoms. The van der Waals surface area contributed by atoms with Crippen LogP contribution >= 0.6 is 0 Å². The van der Waals surface area contributed by atoms with Crippen molar-refractivity contribution in [3.8, 4) is 6.07 Å². The first-order valence-corrected chi connectivity index (χ1v) is 9.79. The van der Waals surface area contributed by atoms with E-state index in [0.29, 0.717) is 23.4 Å². The number of pyridine rings is 2. The number of aromatic nitrogens is 5. The first-order valence-electron chi connectivity index (χ1n) is 9.79. The van der Waals surface area contributed by atoms with E-state index in [1.807, 2.05) is 32.0 Å². The molecule has 0 radical (unpaired) electrons. The van der Waals surface area contributed by atoms with Gasteiger partial charge in [-0.05, 0) is 44.2 Å². The van der Waals surface area contributed by atoms with Crippen LogP contribution in [0.5, 0.6) is 0 Å². The number of imidazole rings is 1. The maximum Gasteiger partial charge on any atom is 0.148 e. The topological polar surface area (TPSA) is 85.9 Å². The van der Waals surface area contributed by atoms with E-state index in [4.69, 9.17) is 4.98 Å². The fourth-order valence-corrected chi connectivity index (χ4v) is 3.94. The predicted molar refractivity (Wildman–Crippen MR) is 110 cm³/mol. The average molecular weight is 401 g/mol. The summed E-state index contributed by atoms with van der Waals surface area (Å²) >= 11 is 0. The van der Waals surface area contributed by atoms with Crippen molar-refractivity contribution in [2.75, 3.05) is 11.4 Å². The average Bonchev–Trinajstić information content (AvgIpc) is 3.40. The molecule has 5 rings (SSSR count). The summed E-state index contributed by atoms with van der Waals surface area (Å²) in [6, 6.07) is 12.5. The molecule has 1 aliphatic rings. The van der Waals surface area contributed by atoms with Crippen molar-refractivity contribution in [3.63, 3.8) is 0 Å². The summed E-state index contributed by atoms with van der Waals surface area (Å²) in [4.78, 5) is 14.7. The lowest BCUT2D eigenvalue weighted by atomic mass is 9.91. The van der Waals surface area contributed by atoms with Crippen molar-refractivity contribution in [1.29, 1.82) is 5.26 Å². The van der Waals surface area contributed by atoms with Crippen LogP contribution in [0.4, 0.5) is 10.2 Å². The van der Waals surface area contributed by atoms with Gasteiger partial charge in [-0.3, -0.25) is 0 Å². The van der Waals surface area contributed by atoms with Gasteiger partial charge >= 0.3 is 0 Å². The maximum atomic E-state index is 14.3. The molecule has 0 bridgehead atoms. The Kier molecular flexibility index (Phi) is 4.07. The summed E-state index contributed by atoms with van der Waals surface area (Å²) in [6.45, 7) is 4.40. The lowest BCUT2D eigenvalue weighted by Crippen LogP contribution is -2.37. The number of H-pyrrole nitrogens is 1. The monoisotopic (exact) mass is 401 g/mol. The molecule has 7 nitrogen and oxygen atoms in total. The number of aromatic amines is 1. The van der Waals surface area contributed by atoms with Crippen molar-refractivity contribution in [3.05, 3.63) is 77.5 Å². The first kappa shape index (κ1) is 18.3. The molecule has 0 saturated heterocycles. The van der Waals surface area contributed by atoms with Crippen LogP contribution in [0.25, 0.3) is 5.52 Å². The molecule has 150 valence electrons. The fourth-order valence-electron chi connectivity index (χ4n) is 3.94. The van der Waals surface area contributed by atoms with E-state index in [1.54, 1.807) is 29.2 Å². The van der Waals surface area contributed by atoms with Crippen LogP contribution < -0.4 is 4.90 Å². The quantitative estimate of drug-likeness (QED) is 0.567. The number of halogens is 1. The Hall–Kier alpha value is -3.73. The van der Waals surface area contributed by atoms with Gasteiger partial charge < -0.3 is 9.88 Å². The third-order valence-electron chi connectivity index (χ3n) is 5.62. The van der Waals surface area contributed by atoms with E-state index in [0.717, 1.165) is 23.6 Å². The minimum Gasteiger partial charge on any atom is -0.348 e. The maximum absolute atomic E-state index is 14.3. The third kappa shape index (κ3) is 2.82. The van der Waals surface area contributed by atoms with Crippen molar-refractivity contribution in [2.45, 2.75) is 31.7 Å². The van der Waals surface area contributed by atoms with Crippen molar-refractivity contribution < 1.29 is 4.39 Å². The van der Waals surface area contributed by atoms with Gasteiger partial charge in [0.1, 0.15) is 23.2 Å². The Bertz CT molecular complexity index is 1280. The third-order valence-corrected chi connectivity index (χ3v) is 5.62. The van der Waals surface area contributed by atoms with Crippen molar-refractivity contribution >= 4 is 11.3 Å². The predicted octanol–water partition coefficient (Wildman–Crippen LogP) is 3.54. The standard InChI is InChI=1S/C22H20FN7/c1-22(2,12-24)18-6-3-7-19(27-18)29-10-8-15-20(26-13-25-15)21(29)16-11-17-14(23)5-4-9-30(17)28-16/h3-7,9,11,13,21H,8,10H2,1-2H3,(H,25,26)/t21-/m0/s1. The molecule has 0 unspecified atom stereocenters. The van der Waals surface area contributed by atoms with Gasteiger partial charge in [0, 0.05) is 24.9 Å². The summed E-state index contributed by atoms with van der Waals surface area (Å²) in [5.74, 6) is 0.420. The van der Waals surface area contributed by atoms with Gasteiger partial charge in [0.2, 0.25) is 0 Å². The van der Waals surface area contributed by atoms with Crippen LogP contribution in [0, 0.1) is 17.1 Å². The smallest absolute Gasteiger partial charge is 0.148 e. The zero-order valence-electron chi connectivity index (χ0n) is 16.7. The molecule has 0 fully saturated rings. The second-order valence-corrected chi connectivity index (χ2v) is 7.99. The number of nitrogens with one attached hydrogen (secondary N) is 1. The first-order chi connectivity index (χ1) is 14.5. The van der Waals surface area contributed by atoms with E-state index in [2.05, 4.69) is 26.0 Å². The van der Waals surface area contributed by atoms with Gasteiger partial charge in [0.25, 0.3) is 0 Å². The van der Waals surface area contributed by atoms with Gasteiger partial charge in [0.05, 0.1) is 34.9 Å². The molecule has 4 aromatic heterocycles. The zero-order chi connectivity index (χ0) is 20.9. The van der Waals surface area contributed by atoms with Crippen LogP contribution in [0.3, 0.4) is 0 Å². The van der Waals surface area contributed by atoms with Crippen LogP contribution in [0.1, 0.15) is 42.7 Å². The molecule has 1 aliphatic heterocycles. The highest BCUT2D eigenvalue weighted by atomic mass is 19.1. The minimum absolute atomic E-state index is 0.313. The summed E-state index contributed by atoms with van der Waals surface area (Å²) in [5, 5.41) is 14.2. The second-order valence-electron chi connectivity index (χ2n) is 7.99. The highest BCUT2D eigenvalue weighted by Gasteiger charge is 2.34. The molecule has 5 heterocycles. The Morgan fingerprint density at radius 3 is 2.93 bits per heavy atom. The zero-order valence-corrected chi connectivity index (χ0v) is 16.7. The Balaban J connectivity index is 1.66. The minimum atomic E-state index is -0.703. The van der Waals surface area contributed by atoms with Crippen LogP contribution in [-0.4, -0.2) is 31.1 Å². The fraction of sp³-hybridized carbons (Fsp3) is 0.273. The highest BCUT2D eigenvalue weighted by molar-refractivity contribution is 5.55. The largest absolute Gasteiger partial charge is 0.348 e. The van der Waals surface area contributed by atoms with E-state index in [1.165, 1.54) is 6.07 Å². The van der Waals surface area contributed by atoms with E-state index in [-0.39, 0.29) is 11.9 Å². The van der Waals surface area contributed by atoms with Crippen LogP contribution in [-0.2, 0) is 11.8 Å². The number of nitriles is 1. The molecule has 0 aliphatic carbocycles. The van der Waals surface area contributed by atoms with Gasteiger partial charge in [-0.15, -0.1) is 0 Å². The molecular weight excluding hydrogens is 381 g/mol. The summed E-state index contributed by atoms with van der Waals surface area (Å²) < 4.78 is 15.9. The molecule has 0 spiro atoms. The highest BCUT2D eigenvalue weighted by Crippen LogP contribution is 2.36. The Labute approximate surface area is 172 Å². The normalized spacial score (nSPS) is 16.5. The molecule has 1 N–H and O–H groups in total. The number of hydrogen-bond donors (Lipinski definition) is 1. The summed E-state index contributed by atoms with van der Waals surface area (Å²) in [5.41, 5.74) is 3.02. The number of fused-ring (bicyclic) bond motifs is 2. The van der Waals surface area contributed by atoms with E-state index < -0.39 is 5.41 Å². The van der Waals surface area contributed by atoms with E-state index in [9.17, 15) is 9.65 Å².